The van der Waals surface area contributed by atoms with Crippen molar-refractivity contribution in [2.75, 3.05) is 0 Å². The van der Waals surface area contributed by atoms with E-state index in [1.165, 1.54) is 0 Å². The van der Waals surface area contributed by atoms with E-state index in [9.17, 15) is 0 Å². The Morgan fingerprint density at radius 2 is 2.00 bits per heavy atom. The molecule has 1 aliphatic rings. The summed E-state index contributed by atoms with van der Waals surface area (Å²) in [5.74, 6) is 0.958. The van der Waals surface area contributed by atoms with Crippen LogP contribution in [0, 0.1) is 0 Å². The molecule has 0 heterocycles. The van der Waals surface area contributed by atoms with Gasteiger partial charge in [0.15, 0.2) is 0 Å². The van der Waals surface area contributed by atoms with Crippen LogP contribution in [-0.2, 0) is 0 Å². The lowest BCUT2D eigenvalue weighted by molar-refractivity contribution is 0.597. The summed E-state index contributed by atoms with van der Waals surface area (Å²) < 4.78 is 5.79. The molecule has 0 bridgehead atoms. The molecular weight excluding hydrogens is 203 g/mol. The molecule has 2 rings (SSSR count). The minimum Gasteiger partial charge on any atom is -0.476 e. The molecule has 0 saturated carbocycles. The van der Waals surface area contributed by atoms with Gasteiger partial charge >= 0.3 is 0 Å². The van der Waals surface area contributed by atoms with Crippen LogP contribution in [-0.4, -0.2) is 5.16 Å². The zero-order valence-electron chi connectivity index (χ0n) is 8.81. The molecule has 78 valence electrons. The lowest BCUT2D eigenvalue weighted by atomic mass is 10.0. The fourth-order valence-electron chi connectivity index (χ4n) is 1.47. The highest BCUT2D eigenvalue weighted by atomic mass is 31.1. The number of benzene rings is 1. The van der Waals surface area contributed by atoms with Gasteiger partial charge in [0, 0.05) is 5.16 Å². The molecule has 0 aliphatic heterocycles. The molecule has 0 amide bonds. The van der Waals surface area contributed by atoms with E-state index in [4.69, 9.17) is 4.52 Å². The normalized spacial score (nSPS) is 24.9. The summed E-state index contributed by atoms with van der Waals surface area (Å²) in [5.41, 5.74) is 0. The van der Waals surface area contributed by atoms with Gasteiger partial charge in [0.1, 0.15) is 5.75 Å². The van der Waals surface area contributed by atoms with Crippen LogP contribution in [0.4, 0.5) is 0 Å². The predicted octanol–water partition coefficient (Wildman–Crippen LogP) is 3.93. The average molecular weight is 218 g/mol. The predicted molar refractivity (Wildman–Crippen MR) is 66.7 cm³/mol. The number of hydrogen-bond acceptors (Lipinski definition) is 1. The van der Waals surface area contributed by atoms with E-state index >= 15 is 0 Å². The minimum absolute atomic E-state index is 0.171. The van der Waals surface area contributed by atoms with Crippen LogP contribution in [0.3, 0.4) is 0 Å². The molecule has 0 fully saturated rings. The van der Waals surface area contributed by atoms with Gasteiger partial charge in [-0.1, -0.05) is 42.5 Å². The Balaban J connectivity index is 1.93. The van der Waals surface area contributed by atoms with E-state index in [2.05, 4.69) is 31.2 Å². The monoisotopic (exact) mass is 218 g/mol. The molecule has 1 aromatic rings. The van der Waals surface area contributed by atoms with Crippen LogP contribution < -0.4 is 4.52 Å². The molecule has 0 aromatic heterocycles. The van der Waals surface area contributed by atoms with Crippen molar-refractivity contribution >= 4 is 8.81 Å². The largest absolute Gasteiger partial charge is 0.476 e. The quantitative estimate of drug-likeness (QED) is 0.698. The van der Waals surface area contributed by atoms with Gasteiger partial charge in [-0.3, -0.25) is 0 Å². The highest BCUT2D eigenvalue weighted by Gasteiger charge is 2.22. The van der Waals surface area contributed by atoms with Crippen molar-refractivity contribution in [1.29, 1.82) is 0 Å². The SMILES string of the molecule is CC1(POc2ccccc2)C=CC=CC1. The highest BCUT2D eigenvalue weighted by molar-refractivity contribution is 7.35. The van der Waals surface area contributed by atoms with Crippen LogP contribution in [0.5, 0.6) is 5.75 Å². The molecule has 0 spiro atoms. The summed E-state index contributed by atoms with van der Waals surface area (Å²) in [4.78, 5) is 0. The van der Waals surface area contributed by atoms with Gasteiger partial charge in [-0.25, -0.2) is 0 Å². The van der Waals surface area contributed by atoms with Gasteiger partial charge in [0.2, 0.25) is 0 Å². The molecule has 0 N–H and O–H groups in total. The van der Waals surface area contributed by atoms with E-state index in [0.29, 0.717) is 8.81 Å². The van der Waals surface area contributed by atoms with Crippen LogP contribution in [0.2, 0.25) is 0 Å². The van der Waals surface area contributed by atoms with Gasteiger partial charge in [0.05, 0.1) is 8.81 Å². The van der Waals surface area contributed by atoms with Crippen molar-refractivity contribution in [3.8, 4) is 5.75 Å². The van der Waals surface area contributed by atoms with E-state index in [1.54, 1.807) is 0 Å². The smallest absolute Gasteiger partial charge is 0.122 e. The van der Waals surface area contributed by atoms with E-state index < -0.39 is 0 Å². The van der Waals surface area contributed by atoms with Gasteiger partial charge in [0.25, 0.3) is 0 Å². The van der Waals surface area contributed by atoms with Crippen molar-refractivity contribution in [2.45, 2.75) is 18.5 Å². The first-order valence-corrected chi connectivity index (χ1v) is 6.03. The third-order valence-corrected chi connectivity index (χ3v) is 3.57. The Morgan fingerprint density at radius 3 is 2.67 bits per heavy atom. The average Bonchev–Trinajstić information content (AvgIpc) is 2.29. The topological polar surface area (TPSA) is 9.23 Å². The van der Waals surface area contributed by atoms with Crippen LogP contribution in [0.1, 0.15) is 13.3 Å². The summed E-state index contributed by atoms with van der Waals surface area (Å²) >= 11 is 0. The molecule has 1 nitrogen and oxygen atoms in total. The summed E-state index contributed by atoms with van der Waals surface area (Å²) in [6.45, 7) is 2.23. The first-order chi connectivity index (χ1) is 7.29. The molecule has 0 radical (unpaired) electrons. The molecule has 1 aromatic carbocycles. The zero-order chi connectivity index (χ0) is 10.6. The zero-order valence-corrected chi connectivity index (χ0v) is 9.81. The number of hydrogen-bond donors (Lipinski definition) is 0. The minimum atomic E-state index is 0.171. The Morgan fingerprint density at radius 1 is 1.20 bits per heavy atom. The maximum atomic E-state index is 5.79. The maximum Gasteiger partial charge on any atom is 0.122 e. The van der Waals surface area contributed by atoms with E-state index in [0.717, 1.165) is 12.2 Å². The third kappa shape index (κ3) is 2.94. The van der Waals surface area contributed by atoms with Crippen molar-refractivity contribution < 1.29 is 4.52 Å². The maximum absolute atomic E-state index is 5.79. The van der Waals surface area contributed by atoms with Crippen molar-refractivity contribution in [3.05, 3.63) is 54.6 Å². The second-order valence-corrected chi connectivity index (χ2v) is 5.48. The Labute approximate surface area is 92.7 Å². The van der Waals surface area contributed by atoms with Crippen molar-refractivity contribution in [2.24, 2.45) is 0 Å². The molecule has 1 aliphatic carbocycles. The number of allylic oxidation sites excluding steroid dienone is 4. The molecule has 0 saturated heterocycles. The summed E-state index contributed by atoms with van der Waals surface area (Å²) in [5, 5.41) is 0.171. The lowest BCUT2D eigenvalue weighted by Crippen LogP contribution is -2.16. The Hall–Kier alpha value is -1.07. The van der Waals surface area contributed by atoms with Gasteiger partial charge in [-0.15, -0.1) is 0 Å². The Bertz CT molecular complexity index is 369. The van der Waals surface area contributed by atoms with E-state index in [-0.39, 0.29) is 5.16 Å². The number of rotatable bonds is 3. The first kappa shape index (κ1) is 10.4. The fourth-order valence-corrected chi connectivity index (χ4v) is 2.32. The third-order valence-electron chi connectivity index (χ3n) is 2.40. The molecule has 2 atom stereocenters. The van der Waals surface area contributed by atoms with Crippen molar-refractivity contribution in [1.82, 2.24) is 0 Å². The van der Waals surface area contributed by atoms with Crippen LogP contribution in [0.25, 0.3) is 0 Å². The van der Waals surface area contributed by atoms with Gasteiger partial charge in [-0.2, -0.15) is 0 Å². The van der Waals surface area contributed by atoms with Crippen LogP contribution >= 0.6 is 8.81 Å². The lowest BCUT2D eigenvalue weighted by Gasteiger charge is -2.25. The molecule has 2 unspecified atom stereocenters. The van der Waals surface area contributed by atoms with Crippen LogP contribution in [0.15, 0.2) is 54.6 Å². The molecule has 2 heteroatoms. The Kier molecular flexibility index (Phi) is 3.23. The van der Waals surface area contributed by atoms with E-state index in [1.807, 2.05) is 30.3 Å². The van der Waals surface area contributed by atoms with Gasteiger partial charge < -0.3 is 4.52 Å². The fraction of sp³-hybridized carbons (Fsp3) is 0.231. The number of para-hydroxylation sites is 1. The second kappa shape index (κ2) is 4.63. The highest BCUT2D eigenvalue weighted by Crippen LogP contribution is 2.39. The van der Waals surface area contributed by atoms with Crippen molar-refractivity contribution in [3.63, 3.8) is 0 Å². The molecule has 15 heavy (non-hydrogen) atoms. The summed E-state index contributed by atoms with van der Waals surface area (Å²) in [7, 11) is 0.474. The second-order valence-electron chi connectivity index (χ2n) is 3.93. The molecular formula is C13H15OP. The summed E-state index contributed by atoms with van der Waals surface area (Å²) in [6, 6.07) is 10.00. The summed E-state index contributed by atoms with van der Waals surface area (Å²) in [6.07, 6.45) is 9.68. The van der Waals surface area contributed by atoms with Gasteiger partial charge in [-0.05, 0) is 25.5 Å². The standard InChI is InChI=1S/C13H15OP/c1-13(10-6-3-7-11-13)15-14-12-8-4-2-5-9-12/h2-10,15H,11H2,1H3. The first-order valence-electron chi connectivity index (χ1n) is 5.12.